The van der Waals surface area contributed by atoms with Crippen molar-refractivity contribution in [3.63, 3.8) is 0 Å². The highest BCUT2D eigenvalue weighted by Gasteiger charge is 1.88. The molecule has 0 saturated carbocycles. The third-order valence-corrected chi connectivity index (χ3v) is 0.999. The summed E-state index contributed by atoms with van der Waals surface area (Å²) in [4.78, 5) is 3.77. The molecule has 0 unspecified atom stereocenters. The largest absolute Gasteiger partial charge is 0.397 e. The Bertz CT molecular complexity index is 208. The van der Waals surface area contributed by atoms with Gasteiger partial charge in [-0.3, -0.25) is 4.98 Å². The molecule has 3 nitrogen and oxygen atoms in total. The van der Waals surface area contributed by atoms with Gasteiger partial charge in [0.2, 0.25) is 0 Å². The molecule has 0 amide bonds. The van der Waals surface area contributed by atoms with E-state index in [0.717, 1.165) is 5.56 Å². The number of nitrogens with two attached hydrogens (primary N) is 1. The van der Waals surface area contributed by atoms with Crippen molar-refractivity contribution in [1.82, 2.24) is 4.98 Å². The second kappa shape index (κ2) is 6.22. The number of aliphatic hydroxyl groups is 1. The maximum Gasteiger partial charge on any atom is 0.0697 e. The molecule has 1 heterocycles. The molecule has 3 N–H and O–H groups in total. The van der Waals surface area contributed by atoms with Crippen molar-refractivity contribution >= 4 is 30.5 Å². The molecule has 0 bridgehead atoms. The van der Waals surface area contributed by atoms with Crippen molar-refractivity contribution in [3.8, 4) is 0 Å². The van der Waals surface area contributed by atoms with Crippen molar-refractivity contribution in [1.29, 1.82) is 0 Å². The molecule has 1 aromatic rings. The van der Waals surface area contributed by atoms with Crippen LogP contribution in [0, 0.1) is 0 Å². The minimum absolute atomic E-state index is 0. The Hall–Kier alpha value is -0.510. The lowest BCUT2D eigenvalue weighted by molar-refractivity contribution is 0.281. The average molecular weight is 197 g/mol. The topological polar surface area (TPSA) is 59.1 Å². The summed E-state index contributed by atoms with van der Waals surface area (Å²) >= 11 is 0. The average Bonchev–Trinajstić information content (AvgIpc) is 1.88. The Morgan fingerprint density at radius 3 is 2.36 bits per heavy atom. The van der Waals surface area contributed by atoms with Crippen molar-refractivity contribution in [2.75, 3.05) is 5.73 Å². The molecule has 11 heavy (non-hydrogen) atoms. The van der Waals surface area contributed by atoms with Crippen molar-refractivity contribution < 1.29 is 5.11 Å². The van der Waals surface area contributed by atoms with E-state index in [-0.39, 0.29) is 31.4 Å². The Morgan fingerprint density at radius 1 is 1.36 bits per heavy atom. The monoisotopic (exact) mass is 196 g/mol. The van der Waals surface area contributed by atoms with Crippen LogP contribution in [0.4, 0.5) is 5.69 Å². The minimum atomic E-state index is -0.00194. The van der Waals surface area contributed by atoms with Gasteiger partial charge in [-0.05, 0) is 11.6 Å². The van der Waals surface area contributed by atoms with Crippen LogP contribution in [-0.2, 0) is 6.61 Å². The molecule has 0 aliphatic heterocycles. The molecular weight excluding hydrogens is 187 g/mol. The highest BCUT2D eigenvalue weighted by molar-refractivity contribution is 5.85. The maximum atomic E-state index is 8.57. The second-order valence-electron chi connectivity index (χ2n) is 1.78. The molecule has 0 aliphatic carbocycles. The summed E-state index contributed by atoms with van der Waals surface area (Å²) in [6.45, 7) is -0.00194. The minimum Gasteiger partial charge on any atom is -0.397 e. The van der Waals surface area contributed by atoms with Crippen molar-refractivity contribution in [2.24, 2.45) is 0 Å². The molecule has 0 aliphatic rings. The van der Waals surface area contributed by atoms with Gasteiger partial charge in [0.25, 0.3) is 0 Å². The summed E-state index contributed by atoms with van der Waals surface area (Å²) in [5.41, 5.74) is 6.69. The van der Waals surface area contributed by atoms with Gasteiger partial charge in [0, 0.05) is 12.4 Å². The lowest BCUT2D eigenvalue weighted by Crippen LogP contribution is -1.89. The normalized spacial score (nSPS) is 7.73. The van der Waals surface area contributed by atoms with Crippen LogP contribution >= 0.6 is 24.8 Å². The molecule has 0 spiro atoms. The molecular formula is C6H10Cl2N2O. The van der Waals surface area contributed by atoms with Gasteiger partial charge in [-0.2, -0.15) is 0 Å². The number of hydrogen-bond acceptors (Lipinski definition) is 3. The summed E-state index contributed by atoms with van der Waals surface area (Å²) in [7, 11) is 0. The summed E-state index contributed by atoms with van der Waals surface area (Å²) in [5.74, 6) is 0. The fourth-order valence-corrected chi connectivity index (χ4v) is 0.594. The first-order valence-electron chi connectivity index (χ1n) is 2.63. The maximum absolute atomic E-state index is 8.57. The number of rotatable bonds is 1. The van der Waals surface area contributed by atoms with Gasteiger partial charge < -0.3 is 10.8 Å². The lowest BCUT2D eigenvalue weighted by atomic mass is 10.3. The predicted octanol–water partition coefficient (Wildman–Crippen LogP) is 1.000. The van der Waals surface area contributed by atoms with Crippen LogP contribution in [0.5, 0.6) is 0 Å². The van der Waals surface area contributed by atoms with E-state index in [2.05, 4.69) is 4.98 Å². The SMILES string of the molecule is Cl.Cl.Nc1cncc(CO)c1. The molecule has 0 atom stereocenters. The lowest BCUT2D eigenvalue weighted by Gasteiger charge is -1.94. The van der Waals surface area contributed by atoms with E-state index in [1.807, 2.05) is 0 Å². The van der Waals surface area contributed by atoms with Gasteiger partial charge in [0.05, 0.1) is 12.3 Å². The predicted molar refractivity (Wildman–Crippen MR) is 49.1 cm³/mol. The number of hydrogen-bond donors (Lipinski definition) is 2. The van der Waals surface area contributed by atoms with Crippen LogP contribution in [0.2, 0.25) is 0 Å². The number of nitrogen functional groups attached to an aromatic ring is 1. The number of aliphatic hydroxyl groups excluding tert-OH is 1. The number of anilines is 1. The van der Waals surface area contributed by atoms with Gasteiger partial charge in [-0.25, -0.2) is 0 Å². The number of aromatic nitrogens is 1. The van der Waals surface area contributed by atoms with Crippen molar-refractivity contribution in [2.45, 2.75) is 6.61 Å². The molecule has 5 heteroatoms. The molecule has 0 fully saturated rings. The molecule has 1 rings (SSSR count). The third kappa shape index (κ3) is 4.03. The van der Waals surface area contributed by atoms with Crippen molar-refractivity contribution in [3.05, 3.63) is 24.0 Å². The molecule has 0 saturated heterocycles. The van der Waals surface area contributed by atoms with E-state index in [0.29, 0.717) is 5.69 Å². The zero-order valence-corrected chi connectivity index (χ0v) is 7.36. The van der Waals surface area contributed by atoms with Gasteiger partial charge >= 0.3 is 0 Å². The highest BCUT2D eigenvalue weighted by Crippen LogP contribution is 2.02. The Morgan fingerprint density at radius 2 is 2.00 bits per heavy atom. The highest BCUT2D eigenvalue weighted by atomic mass is 35.5. The summed E-state index contributed by atoms with van der Waals surface area (Å²) < 4.78 is 0. The van der Waals surface area contributed by atoms with Crippen LogP contribution in [0.25, 0.3) is 0 Å². The summed E-state index contributed by atoms with van der Waals surface area (Å²) in [5, 5.41) is 8.57. The van der Waals surface area contributed by atoms with Crippen LogP contribution < -0.4 is 5.73 Å². The summed E-state index contributed by atoms with van der Waals surface area (Å²) in [6.07, 6.45) is 3.12. The fourth-order valence-electron chi connectivity index (χ4n) is 0.594. The first-order valence-corrected chi connectivity index (χ1v) is 2.63. The van der Waals surface area contributed by atoms with Crippen LogP contribution in [-0.4, -0.2) is 10.1 Å². The zero-order valence-electron chi connectivity index (χ0n) is 5.73. The Balaban J connectivity index is 0. The smallest absolute Gasteiger partial charge is 0.0697 e. The van der Waals surface area contributed by atoms with Crippen LogP contribution in [0.15, 0.2) is 18.5 Å². The standard InChI is InChI=1S/C6H8N2O.2ClH/c7-6-1-5(4-9)2-8-3-6;;/h1-3,9H,4,7H2;2*1H. The van der Waals surface area contributed by atoms with E-state index in [1.54, 1.807) is 18.5 Å². The van der Waals surface area contributed by atoms with Gasteiger partial charge in [-0.15, -0.1) is 24.8 Å². The van der Waals surface area contributed by atoms with Gasteiger partial charge in [-0.1, -0.05) is 0 Å². The quantitative estimate of drug-likeness (QED) is 0.705. The molecule has 0 radical (unpaired) electrons. The van der Waals surface area contributed by atoms with E-state index in [9.17, 15) is 0 Å². The van der Waals surface area contributed by atoms with Gasteiger partial charge in [0.15, 0.2) is 0 Å². The van der Waals surface area contributed by atoms with E-state index >= 15 is 0 Å². The fraction of sp³-hybridized carbons (Fsp3) is 0.167. The zero-order chi connectivity index (χ0) is 6.69. The molecule has 1 aromatic heterocycles. The van der Waals surface area contributed by atoms with E-state index in [1.165, 1.54) is 0 Å². The first kappa shape index (κ1) is 13.1. The second-order valence-corrected chi connectivity index (χ2v) is 1.78. The summed E-state index contributed by atoms with van der Waals surface area (Å²) in [6, 6.07) is 1.69. The number of nitrogens with zero attached hydrogens (tertiary/aromatic N) is 1. The first-order chi connectivity index (χ1) is 4.33. The third-order valence-electron chi connectivity index (χ3n) is 0.999. The molecule has 0 aromatic carbocycles. The van der Waals surface area contributed by atoms with Gasteiger partial charge in [0.1, 0.15) is 0 Å². The number of halogens is 2. The number of pyridine rings is 1. The van der Waals surface area contributed by atoms with E-state index < -0.39 is 0 Å². The van der Waals surface area contributed by atoms with Crippen LogP contribution in [0.1, 0.15) is 5.56 Å². The molecule has 64 valence electrons. The Labute approximate surface area is 77.5 Å². The van der Waals surface area contributed by atoms with Crippen LogP contribution in [0.3, 0.4) is 0 Å². The Kier molecular flexibility index (Phi) is 7.41. The van der Waals surface area contributed by atoms with E-state index in [4.69, 9.17) is 10.8 Å².